The first kappa shape index (κ1) is 68.8. The summed E-state index contributed by atoms with van der Waals surface area (Å²) >= 11 is 5.90. The number of esters is 2. The maximum atomic E-state index is 13.3. The number of hydrogen-bond donors (Lipinski definition) is 6. The maximum absolute atomic E-state index is 13.3. The summed E-state index contributed by atoms with van der Waals surface area (Å²) in [6.07, 6.45) is 0. The predicted octanol–water partition coefficient (Wildman–Crippen LogP) is -7.71. The maximum Gasteiger partial charge on any atom is 1.00 e. The molecular formula is C42H46N12Na2O18S8. The van der Waals surface area contributed by atoms with Gasteiger partial charge in [-0.15, -0.1) is 66.6 Å². The number of carbonyl (C=O) groups excluding carboxylic acids is 8. The number of aromatic nitrogens is 8. The molecule has 6 unspecified atom stereocenters. The van der Waals surface area contributed by atoms with E-state index in [-0.39, 0.29) is 92.1 Å². The second kappa shape index (κ2) is 28.0. The fraction of sp³-hybridized carbons (Fsp3) is 0.476. The van der Waals surface area contributed by atoms with E-state index < -0.39 is 147 Å². The molecule has 0 spiro atoms. The van der Waals surface area contributed by atoms with Crippen LogP contribution >= 0.6 is 69.7 Å². The molecule has 8 atom stereocenters. The Morgan fingerprint density at radius 1 is 0.683 bits per heavy atom. The first-order chi connectivity index (χ1) is 37.3. The van der Waals surface area contributed by atoms with Gasteiger partial charge in [-0.1, -0.05) is 35.7 Å². The molecule has 0 saturated carbocycles. The molecule has 4 aliphatic heterocycles. The van der Waals surface area contributed by atoms with Crippen LogP contribution in [0.4, 0.5) is 0 Å². The molecule has 0 aliphatic carbocycles. The van der Waals surface area contributed by atoms with E-state index in [1.165, 1.54) is 0 Å². The van der Waals surface area contributed by atoms with Crippen molar-refractivity contribution in [3.8, 4) is 0 Å². The molecule has 4 amide bonds. The van der Waals surface area contributed by atoms with Gasteiger partial charge in [-0.3, -0.25) is 47.7 Å². The smallest absolute Gasteiger partial charge is 0.543 e. The third kappa shape index (κ3) is 17.1. The molecule has 4 aromatic heterocycles. The molecule has 0 bridgehead atoms. The Morgan fingerprint density at radius 3 is 1.30 bits per heavy atom. The van der Waals surface area contributed by atoms with Crippen molar-refractivity contribution in [2.24, 2.45) is 0 Å². The second-order valence-electron chi connectivity index (χ2n) is 19.2. The number of β-lactam (4-membered cyclic amide) rings is 2. The molecule has 2 saturated heterocycles. The van der Waals surface area contributed by atoms with E-state index in [0.29, 0.717) is 9.75 Å². The van der Waals surface area contributed by atoms with E-state index in [0.717, 1.165) is 79.5 Å². The number of carboxylic acid groups (broad SMARTS) is 2. The first-order valence-corrected chi connectivity index (χ1v) is 31.8. The second-order valence-corrected chi connectivity index (χ2v) is 28.7. The van der Waals surface area contributed by atoms with Crippen LogP contribution in [0.25, 0.3) is 0 Å². The van der Waals surface area contributed by atoms with Crippen molar-refractivity contribution in [1.82, 2.24) is 61.7 Å². The number of rotatable bonds is 20. The van der Waals surface area contributed by atoms with Gasteiger partial charge in [0.1, 0.15) is 34.0 Å². The number of thioether (sulfide) groups is 4. The first-order valence-electron chi connectivity index (χ1n) is 22.9. The van der Waals surface area contributed by atoms with E-state index in [2.05, 4.69) is 51.9 Å². The van der Waals surface area contributed by atoms with E-state index in [1.54, 1.807) is 76.6 Å². The number of carbonyl (C=O) groups is 8. The number of nitrogens with zero attached hydrogens (tertiary/aromatic N) is 8. The van der Waals surface area contributed by atoms with Crippen LogP contribution in [0.1, 0.15) is 63.1 Å². The van der Waals surface area contributed by atoms with Gasteiger partial charge < -0.3 is 39.9 Å². The van der Waals surface area contributed by atoms with E-state index in [4.69, 9.17) is 9.47 Å². The Hall–Kier alpha value is -4.00. The molecule has 432 valence electrons. The number of nitrogens with one attached hydrogen (secondary N) is 4. The summed E-state index contributed by atoms with van der Waals surface area (Å²) in [5.74, 6) is -13.0. The molecule has 30 nitrogen and oxygen atoms in total. The molecule has 4 aromatic rings. The summed E-state index contributed by atoms with van der Waals surface area (Å²) < 4.78 is 76.6. The number of ether oxygens (including phenoxy) is 2. The Labute approximate surface area is 535 Å². The van der Waals surface area contributed by atoms with Crippen LogP contribution in [-0.4, -0.2) is 192 Å². The van der Waals surface area contributed by atoms with Gasteiger partial charge in [0.15, 0.2) is 11.8 Å². The standard InChI is InChI=1S/2C21H24N6O9S4.2Na/c2*1-21(2,3)36-19(32)12(10-5-4-6-37-10)15(28)22-13-16(29)27-14(18(30)31)9(7-38-17(13)27)11(8-40(33,34)35)39-20-23-25-26-24-20;;/h2*4-6,11-13,17H,7-8H2,1-3H3,(H,22,28)(H,30,31)(H,33,34,35)(H,23,24,25,26);;/q;;2*+1/p-2/t2*11?,12?,13?,17-;;/m11../s1. The van der Waals surface area contributed by atoms with Crippen molar-refractivity contribution < 1.29 is 143 Å². The minimum atomic E-state index is -4.60. The minimum Gasteiger partial charge on any atom is -0.543 e. The number of aliphatic carboxylic acids is 2. The molecule has 8 heterocycles. The SMILES string of the molecule is CC(C)(C)OC(=O)C(C(=O)NC1C(=O)N2C(C(=O)[O-])=C(C(CS(=O)(=O)O)Sc3nn[nH]n3)CS[C@H]12)c1cccs1.CC(C)(C)OC(=O)C(C(=O)NC1C(=O)N2C(C(=O)[O-])=C(C(CS(=O)(=O)O)Sc3nn[nH]n3)CS[C@H]12)c1cccs1.[Na+].[Na+]. The summed E-state index contributed by atoms with van der Waals surface area (Å²) in [4.78, 5) is 106. The third-order valence-corrected chi connectivity index (χ3v) is 19.7. The monoisotopic (exact) mass is 1310 g/mol. The predicted molar refractivity (Wildman–Crippen MR) is 280 cm³/mol. The average Bonchev–Trinajstić information content (AvgIpc) is 4.21. The zero-order valence-electron chi connectivity index (χ0n) is 44.2. The number of H-pyrrole nitrogens is 2. The van der Waals surface area contributed by atoms with Gasteiger partial charge in [0.25, 0.3) is 32.1 Å². The number of carboxylic acids is 2. The van der Waals surface area contributed by atoms with E-state index in [9.17, 15) is 74.5 Å². The Morgan fingerprint density at radius 2 is 1.04 bits per heavy atom. The summed E-state index contributed by atoms with van der Waals surface area (Å²) in [6, 6.07) is 4.13. The summed E-state index contributed by atoms with van der Waals surface area (Å²) in [5, 5.41) is 54.6. The quantitative estimate of drug-likeness (QED) is 0.0120. The van der Waals surface area contributed by atoms with Crippen LogP contribution in [-0.2, 0) is 68.1 Å². The van der Waals surface area contributed by atoms with Gasteiger partial charge in [-0.05, 0) is 86.0 Å². The number of hydrogen-bond acceptors (Lipinski definition) is 28. The molecule has 0 radical (unpaired) electrons. The van der Waals surface area contributed by atoms with Crippen LogP contribution in [0.3, 0.4) is 0 Å². The third-order valence-electron chi connectivity index (χ3n) is 11.1. The fourth-order valence-electron chi connectivity index (χ4n) is 8.02. The molecule has 82 heavy (non-hydrogen) atoms. The van der Waals surface area contributed by atoms with Crippen LogP contribution in [0, 0.1) is 0 Å². The van der Waals surface area contributed by atoms with Crippen molar-refractivity contribution in [1.29, 1.82) is 0 Å². The molecule has 6 N–H and O–H groups in total. The molecule has 0 aromatic carbocycles. The van der Waals surface area contributed by atoms with Crippen molar-refractivity contribution in [2.75, 3.05) is 23.0 Å². The van der Waals surface area contributed by atoms with Crippen molar-refractivity contribution in [2.45, 2.75) is 108 Å². The van der Waals surface area contributed by atoms with E-state index in [1.807, 2.05) is 0 Å². The number of thiophene rings is 2. The van der Waals surface area contributed by atoms with Gasteiger partial charge in [-0.2, -0.15) is 27.3 Å². The Bertz CT molecular complexity index is 3110. The molecular weight excluding hydrogens is 1260 g/mol. The average molecular weight is 1310 g/mol. The molecule has 4 aliphatic rings. The van der Waals surface area contributed by atoms with Crippen molar-refractivity contribution >= 4 is 137 Å². The fourth-order valence-corrected chi connectivity index (χ4v) is 17.0. The number of tetrazole rings is 2. The van der Waals surface area contributed by atoms with E-state index >= 15 is 0 Å². The number of amides is 4. The zero-order chi connectivity index (χ0) is 58.8. The normalized spacial score (nSPS) is 20.3. The van der Waals surface area contributed by atoms with Crippen molar-refractivity contribution in [3.05, 3.63) is 67.3 Å². The number of fused-ring (bicyclic) bond motifs is 2. The van der Waals surface area contributed by atoms with Gasteiger partial charge in [0.05, 0.1) is 45.3 Å². The van der Waals surface area contributed by atoms with Gasteiger partial charge in [-0.25, -0.2) is 0 Å². The molecule has 2 fully saturated rings. The zero-order valence-corrected chi connectivity index (χ0v) is 54.7. The molecule has 8 rings (SSSR count). The van der Waals surface area contributed by atoms with Gasteiger partial charge in [0, 0.05) is 21.3 Å². The minimum absolute atomic E-state index is 0. The topological polar surface area (TPSA) is 449 Å². The number of aromatic amines is 2. The Kier molecular flexibility index (Phi) is 23.5. The van der Waals surface area contributed by atoms with Crippen molar-refractivity contribution in [3.63, 3.8) is 0 Å². The largest absolute Gasteiger partial charge is 1.00 e. The van der Waals surface area contributed by atoms with Crippen LogP contribution in [0.5, 0.6) is 0 Å². The van der Waals surface area contributed by atoms with Gasteiger partial charge in [0.2, 0.25) is 22.1 Å². The summed E-state index contributed by atoms with van der Waals surface area (Å²) in [6.45, 7) is 9.90. The summed E-state index contributed by atoms with van der Waals surface area (Å²) in [5.41, 5.74) is -2.94. The summed E-state index contributed by atoms with van der Waals surface area (Å²) in [7, 11) is -9.20. The van der Waals surface area contributed by atoms with Crippen LogP contribution < -0.4 is 80.0 Å². The van der Waals surface area contributed by atoms with Gasteiger partial charge >= 0.3 is 71.1 Å². The van der Waals surface area contributed by atoms with Crippen LogP contribution in [0.2, 0.25) is 0 Å². The van der Waals surface area contributed by atoms with Crippen LogP contribution in [0.15, 0.2) is 67.9 Å². The molecule has 40 heteroatoms. The Balaban J connectivity index is 0.000000293.